The molecule has 2 aliphatic rings. The highest BCUT2D eigenvalue weighted by Crippen LogP contribution is 2.25. The Morgan fingerprint density at radius 1 is 1.20 bits per heavy atom. The van der Waals surface area contributed by atoms with E-state index in [1.807, 2.05) is 12.1 Å². The zero-order chi connectivity index (χ0) is 16.8. The lowest BCUT2D eigenvalue weighted by Crippen LogP contribution is -2.59. The van der Waals surface area contributed by atoms with Crippen LogP contribution in [0.25, 0.3) is 5.65 Å². The Hall–Kier alpha value is -2.81. The zero-order valence-electron chi connectivity index (χ0n) is 13.9. The van der Waals surface area contributed by atoms with Gasteiger partial charge in [0.2, 0.25) is 0 Å². The second-order valence-electron chi connectivity index (χ2n) is 6.47. The molecule has 2 aliphatic heterocycles. The van der Waals surface area contributed by atoms with Crippen LogP contribution in [-0.4, -0.2) is 62.8 Å². The summed E-state index contributed by atoms with van der Waals surface area (Å²) in [5.41, 5.74) is 2.97. The van der Waals surface area contributed by atoms with Gasteiger partial charge in [-0.3, -0.25) is 0 Å². The Morgan fingerprint density at radius 2 is 2.12 bits per heavy atom. The van der Waals surface area contributed by atoms with E-state index in [4.69, 9.17) is 4.74 Å². The van der Waals surface area contributed by atoms with Crippen LogP contribution in [0.3, 0.4) is 0 Å². The number of rotatable bonds is 3. The molecule has 0 atom stereocenters. The predicted octanol–water partition coefficient (Wildman–Crippen LogP) is 0.312. The monoisotopic (exact) mass is 338 g/mol. The third kappa shape index (κ3) is 2.47. The second kappa shape index (κ2) is 5.62. The molecule has 0 bridgehead atoms. The fraction of sp³-hybridized carbons (Fsp3) is 0.438. The maximum absolute atomic E-state index is 5.52. The van der Waals surface area contributed by atoms with E-state index in [0.29, 0.717) is 12.6 Å². The van der Waals surface area contributed by atoms with Crippen LogP contribution < -0.4 is 9.80 Å². The van der Waals surface area contributed by atoms with Crippen molar-refractivity contribution < 1.29 is 4.74 Å². The number of aromatic nitrogens is 6. The molecule has 25 heavy (non-hydrogen) atoms. The van der Waals surface area contributed by atoms with Gasteiger partial charge in [0, 0.05) is 32.1 Å². The van der Waals surface area contributed by atoms with E-state index in [1.165, 1.54) is 0 Å². The Morgan fingerprint density at radius 3 is 3.04 bits per heavy atom. The van der Waals surface area contributed by atoms with Crippen molar-refractivity contribution in [1.82, 2.24) is 30.0 Å². The van der Waals surface area contributed by atoms with Crippen LogP contribution in [0.1, 0.15) is 11.3 Å². The fourth-order valence-corrected chi connectivity index (χ4v) is 3.26. The highest BCUT2D eigenvalue weighted by Gasteiger charge is 2.32. The molecule has 0 spiro atoms. The Balaban J connectivity index is 1.29. The summed E-state index contributed by atoms with van der Waals surface area (Å²) in [5.74, 6) is 1.83. The smallest absolute Gasteiger partial charge is 0.177 e. The highest BCUT2D eigenvalue weighted by molar-refractivity contribution is 5.50. The van der Waals surface area contributed by atoms with Crippen molar-refractivity contribution in [1.29, 1.82) is 0 Å². The third-order valence-electron chi connectivity index (χ3n) is 4.93. The summed E-state index contributed by atoms with van der Waals surface area (Å²) in [6.07, 6.45) is 2.47. The molecule has 128 valence electrons. The minimum absolute atomic E-state index is 0.385. The Bertz CT molecular complexity index is 919. The summed E-state index contributed by atoms with van der Waals surface area (Å²) < 4.78 is 7.22. The summed E-state index contributed by atoms with van der Waals surface area (Å²) in [7, 11) is 2.07. The lowest BCUT2D eigenvalue weighted by molar-refractivity contribution is 0.109. The van der Waals surface area contributed by atoms with Crippen molar-refractivity contribution in [3.63, 3.8) is 0 Å². The molecule has 0 amide bonds. The molecule has 3 aromatic heterocycles. The first-order valence-electron chi connectivity index (χ1n) is 8.36. The summed E-state index contributed by atoms with van der Waals surface area (Å²) in [5, 5.41) is 21.1. The predicted molar refractivity (Wildman–Crippen MR) is 90.6 cm³/mol. The van der Waals surface area contributed by atoms with Crippen molar-refractivity contribution in [3.8, 4) is 0 Å². The van der Waals surface area contributed by atoms with Gasteiger partial charge in [-0.05, 0) is 18.2 Å². The first kappa shape index (κ1) is 14.5. The number of ether oxygens (including phenoxy) is 1. The molecular weight excluding hydrogens is 320 g/mol. The van der Waals surface area contributed by atoms with E-state index in [-0.39, 0.29) is 0 Å². The molecule has 0 aromatic carbocycles. The SMILES string of the molecule is CN(c1cc2c(nn1)CCOC2)C1CN(c2ccc3nncn3n2)C1. The maximum Gasteiger partial charge on any atom is 0.177 e. The van der Waals surface area contributed by atoms with Gasteiger partial charge in [0.05, 0.1) is 24.9 Å². The quantitative estimate of drug-likeness (QED) is 0.675. The maximum atomic E-state index is 5.52. The number of hydrogen-bond acceptors (Lipinski definition) is 8. The van der Waals surface area contributed by atoms with Gasteiger partial charge in [0.1, 0.15) is 12.1 Å². The van der Waals surface area contributed by atoms with E-state index in [2.05, 4.69) is 48.4 Å². The molecule has 0 aliphatic carbocycles. The van der Waals surface area contributed by atoms with Gasteiger partial charge >= 0.3 is 0 Å². The van der Waals surface area contributed by atoms with Crippen LogP contribution in [0.15, 0.2) is 24.5 Å². The van der Waals surface area contributed by atoms with Crippen LogP contribution in [0.2, 0.25) is 0 Å². The molecule has 0 saturated carbocycles. The molecule has 5 heterocycles. The fourth-order valence-electron chi connectivity index (χ4n) is 3.26. The van der Waals surface area contributed by atoms with E-state index in [0.717, 1.165) is 54.7 Å². The summed E-state index contributed by atoms with van der Waals surface area (Å²) >= 11 is 0. The van der Waals surface area contributed by atoms with Gasteiger partial charge in [0.15, 0.2) is 11.5 Å². The standard InChI is InChI=1S/C16H18N8O/c1-22(16-6-11-9-25-5-4-13(11)18-20-16)12-7-23(8-12)15-3-2-14-19-17-10-24(14)21-15/h2-3,6,10,12H,4-5,7-9H2,1H3. The summed E-state index contributed by atoms with van der Waals surface area (Å²) in [6, 6.07) is 6.40. The molecule has 0 N–H and O–H groups in total. The van der Waals surface area contributed by atoms with E-state index in [9.17, 15) is 0 Å². The van der Waals surface area contributed by atoms with Gasteiger partial charge in [-0.1, -0.05) is 0 Å². The van der Waals surface area contributed by atoms with Crippen LogP contribution in [0.5, 0.6) is 0 Å². The second-order valence-corrected chi connectivity index (χ2v) is 6.47. The van der Waals surface area contributed by atoms with Gasteiger partial charge < -0.3 is 14.5 Å². The number of nitrogens with zero attached hydrogens (tertiary/aromatic N) is 8. The van der Waals surface area contributed by atoms with Crippen LogP contribution in [-0.2, 0) is 17.8 Å². The topological polar surface area (TPSA) is 84.6 Å². The van der Waals surface area contributed by atoms with Crippen molar-refractivity contribution in [3.05, 3.63) is 35.8 Å². The van der Waals surface area contributed by atoms with Gasteiger partial charge in [-0.15, -0.1) is 20.4 Å². The zero-order valence-corrected chi connectivity index (χ0v) is 13.9. The minimum atomic E-state index is 0.385. The van der Waals surface area contributed by atoms with Gasteiger partial charge in [0.25, 0.3) is 0 Å². The Labute approximate surface area is 144 Å². The van der Waals surface area contributed by atoms with Crippen molar-refractivity contribution in [2.75, 3.05) is 36.5 Å². The van der Waals surface area contributed by atoms with Gasteiger partial charge in [-0.2, -0.15) is 9.61 Å². The number of anilines is 2. The average molecular weight is 338 g/mol. The lowest BCUT2D eigenvalue weighted by atomic mass is 10.1. The number of fused-ring (bicyclic) bond motifs is 2. The lowest BCUT2D eigenvalue weighted by Gasteiger charge is -2.44. The molecule has 3 aromatic rings. The first-order valence-corrected chi connectivity index (χ1v) is 8.36. The van der Waals surface area contributed by atoms with Crippen LogP contribution in [0, 0.1) is 0 Å². The minimum Gasteiger partial charge on any atom is -0.376 e. The van der Waals surface area contributed by atoms with E-state index >= 15 is 0 Å². The molecule has 9 nitrogen and oxygen atoms in total. The summed E-state index contributed by atoms with van der Waals surface area (Å²) in [4.78, 5) is 4.42. The van der Waals surface area contributed by atoms with Crippen molar-refractivity contribution in [2.24, 2.45) is 0 Å². The molecule has 1 saturated heterocycles. The Kier molecular flexibility index (Phi) is 3.27. The molecule has 1 fully saturated rings. The van der Waals surface area contributed by atoms with E-state index in [1.54, 1.807) is 10.8 Å². The average Bonchev–Trinajstić information content (AvgIpc) is 3.08. The largest absolute Gasteiger partial charge is 0.376 e. The normalized spacial score (nSPS) is 17.4. The molecule has 0 radical (unpaired) electrons. The van der Waals surface area contributed by atoms with Gasteiger partial charge in [-0.25, -0.2) is 0 Å². The molecule has 9 heteroatoms. The number of hydrogen-bond donors (Lipinski definition) is 0. The molecule has 5 rings (SSSR count). The summed E-state index contributed by atoms with van der Waals surface area (Å²) in [6.45, 7) is 3.16. The third-order valence-corrected chi connectivity index (χ3v) is 4.93. The van der Waals surface area contributed by atoms with Crippen LogP contribution in [0.4, 0.5) is 11.6 Å². The highest BCUT2D eigenvalue weighted by atomic mass is 16.5. The van der Waals surface area contributed by atoms with Crippen molar-refractivity contribution >= 4 is 17.3 Å². The molecule has 0 unspecified atom stereocenters. The molecular formula is C16H18N8O. The first-order chi connectivity index (χ1) is 12.3. The van der Waals surface area contributed by atoms with Crippen LogP contribution >= 0.6 is 0 Å². The van der Waals surface area contributed by atoms with Crippen molar-refractivity contribution in [2.45, 2.75) is 19.1 Å². The van der Waals surface area contributed by atoms with E-state index < -0.39 is 0 Å². The number of likely N-dealkylation sites (N-methyl/N-ethyl adjacent to an activating group) is 1.